The van der Waals surface area contributed by atoms with Crippen LogP contribution in [0.5, 0.6) is 0 Å². The van der Waals surface area contributed by atoms with Crippen molar-refractivity contribution in [3.8, 4) is 0 Å². The van der Waals surface area contributed by atoms with Crippen LogP contribution in [0.15, 0.2) is 0 Å². The van der Waals surface area contributed by atoms with Crippen molar-refractivity contribution in [3.63, 3.8) is 0 Å². The maximum atomic E-state index is 10.9. The highest BCUT2D eigenvalue weighted by Crippen LogP contribution is 2.20. The summed E-state index contributed by atoms with van der Waals surface area (Å²) in [5.41, 5.74) is 0. The number of hydrogen-bond acceptors (Lipinski definition) is 6. The predicted octanol–water partition coefficient (Wildman–Crippen LogP) is -0.369. The first-order valence-electron chi connectivity index (χ1n) is 5.09. The van der Waals surface area contributed by atoms with Gasteiger partial charge in [0.05, 0.1) is 19.3 Å². The van der Waals surface area contributed by atoms with Crippen molar-refractivity contribution in [3.05, 3.63) is 0 Å². The van der Waals surface area contributed by atoms with Crippen molar-refractivity contribution in [2.24, 2.45) is 0 Å². The molecule has 0 aromatic heterocycles. The van der Waals surface area contributed by atoms with E-state index in [1.54, 1.807) is 0 Å². The van der Waals surface area contributed by atoms with Crippen LogP contribution in [0.25, 0.3) is 0 Å². The van der Waals surface area contributed by atoms with E-state index in [1.807, 2.05) is 0 Å². The topological polar surface area (TPSA) is 82.1 Å². The Kier molecular flexibility index (Phi) is 4.70. The second-order valence-electron chi connectivity index (χ2n) is 3.67. The van der Waals surface area contributed by atoms with Crippen LogP contribution in [0.3, 0.4) is 0 Å². The zero-order valence-electron chi connectivity index (χ0n) is 9.34. The number of carbonyl (C=O) groups excluding carboxylic acids is 2. The number of esters is 2. The maximum absolute atomic E-state index is 10.9. The Morgan fingerprint density at radius 2 is 1.81 bits per heavy atom. The van der Waals surface area contributed by atoms with Crippen LogP contribution < -0.4 is 0 Å². The molecule has 3 unspecified atom stereocenters. The highest BCUT2D eigenvalue weighted by Gasteiger charge is 2.35. The molecule has 0 radical (unpaired) electrons. The fourth-order valence-corrected chi connectivity index (χ4v) is 1.60. The third-order valence-corrected chi connectivity index (χ3v) is 2.24. The molecule has 0 amide bonds. The Labute approximate surface area is 93.5 Å². The van der Waals surface area contributed by atoms with Crippen LogP contribution in [0.4, 0.5) is 0 Å². The standard InChI is InChI=1S/C10H16O6/c1-6(12)15-9-3-8(4-11)14-5-10(9)16-7(2)13/h8-11H,3-5H2,1-2H3. The molecule has 1 aliphatic rings. The molecule has 0 bridgehead atoms. The molecule has 16 heavy (non-hydrogen) atoms. The Morgan fingerprint density at radius 3 is 2.31 bits per heavy atom. The predicted molar refractivity (Wildman–Crippen MR) is 52.6 cm³/mol. The molecule has 0 spiro atoms. The Morgan fingerprint density at radius 1 is 1.25 bits per heavy atom. The molecule has 1 rings (SSSR count). The number of ether oxygens (including phenoxy) is 3. The summed E-state index contributed by atoms with van der Waals surface area (Å²) in [6.45, 7) is 2.55. The van der Waals surface area contributed by atoms with Crippen LogP contribution in [0.2, 0.25) is 0 Å². The van der Waals surface area contributed by atoms with Crippen molar-refractivity contribution in [1.82, 2.24) is 0 Å². The molecule has 1 N–H and O–H groups in total. The molecule has 92 valence electrons. The number of aliphatic hydroxyl groups excluding tert-OH is 1. The van der Waals surface area contributed by atoms with Gasteiger partial charge < -0.3 is 19.3 Å². The average molecular weight is 232 g/mol. The van der Waals surface area contributed by atoms with Gasteiger partial charge in [-0.25, -0.2) is 0 Å². The van der Waals surface area contributed by atoms with E-state index in [2.05, 4.69) is 0 Å². The van der Waals surface area contributed by atoms with E-state index in [4.69, 9.17) is 19.3 Å². The molecule has 1 aliphatic heterocycles. The number of hydrogen-bond donors (Lipinski definition) is 1. The van der Waals surface area contributed by atoms with E-state index >= 15 is 0 Å². The van der Waals surface area contributed by atoms with Gasteiger partial charge in [-0.1, -0.05) is 0 Å². The smallest absolute Gasteiger partial charge is 0.303 e. The fraction of sp³-hybridized carbons (Fsp3) is 0.800. The van der Waals surface area contributed by atoms with Gasteiger partial charge in [-0.3, -0.25) is 9.59 Å². The second-order valence-corrected chi connectivity index (χ2v) is 3.67. The van der Waals surface area contributed by atoms with Crippen molar-refractivity contribution in [2.45, 2.75) is 38.6 Å². The van der Waals surface area contributed by atoms with E-state index in [-0.39, 0.29) is 19.3 Å². The highest BCUT2D eigenvalue weighted by molar-refractivity contribution is 5.67. The van der Waals surface area contributed by atoms with Gasteiger partial charge in [0.1, 0.15) is 6.10 Å². The second kappa shape index (κ2) is 5.81. The highest BCUT2D eigenvalue weighted by atomic mass is 16.6. The normalized spacial score (nSPS) is 29.6. The first-order valence-corrected chi connectivity index (χ1v) is 5.09. The lowest BCUT2D eigenvalue weighted by molar-refractivity contribution is -0.189. The van der Waals surface area contributed by atoms with Crippen molar-refractivity contribution in [2.75, 3.05) is 13.2 Å². The molecular formula is C10H16O6. The van der Waals surface area contributed by atoms with E-state index in [9.17, 15) is 9.59 Å². The first kappa shape index (κ1) is 12.9. The summed E-state index contributed by atoms with van der Waals surface area (Å²) >= 11 is 0. The van der Waals surface area contributed by atoms with Crippen LogP contribution in [-0.4, -0.2) is 48.6 Å². The van der Waals surface area contributed by atoms with Gasteiger partial charge in [-0.2, -0.15) is 0 Å². The van der Waals surface area contributed by atoms with E-state index in [0.717, 1.165) is 0 Å². The zero-order chi connectivity index (χ0) is 12.1. The SMILES string of the molecule is CC(=O)OC1COC(CO)CC1OC(C)=O. The Bertz CT molecular complexity index is 264. The minimum atomic E-state index is -0.593. The monoisotopic (exact) mass is 232 g/mol. The largest absolute Gasteiger partial charge is 0.458 e. The molecule has 6 nitrogen and oxygen atoms in total. The lowest BCUT2D eigenvalue weighted by Crippen LogP contribution is -2.46. The molecule has 1 saturated heterocycles. The summed E-state index contributed by atoms with van der Waals surface area (Å²) in [6, 6.07) is 0. The van der Waals surface area contributed by atoms with Crippen LogP contribution in [0, 0.1) is 0 Å². The molecular weight excluding hydrogens is 216 g/mol. The summed E-state index contributed by atoms with van der Waals surface area (Å²) in [4.78, 5) is 21.7. The summed E-state index contributed by atoms with van der Waals surface area (Å²) < 4.78 is 15.2. The zero-order valence-corrected chi connectivity index (χ0v) is 9.34. The number of aliphatic hydroxyl groups is 1. The number of carbonyl (C=O) groups is 2. The summed E-state index contributed by atoms with van der Waals surface area (Å²) in [5, 5.41) is 8.94. The third kappa shape index (κ3) is 3.79. The summed E-state index contributed by atoms with van der Waals surface area (Å²) in [6.07, 6.45) is -1.19. The summed E-state index contributed by atoms with van der Waals surface area (Å²) in [5.74, 6) is -0.894. The lowest BCUT2D eigenvalue weighted by Gasteiger charge is -2.34. The first-order chi connectivity index (χ1) is 7.52. The van der Waals surface area contributed by atoms with Crippen molar-refractivity contribution >= 4 is 11.9 Å². The van der Waals surface area contributed by atoms with Crippen LogP contribution in [0.1, 0.15) is 20.3 Å². The van der Waals surface area contributed by atoms with Crippen LogP contribution in [-0.2, 0) is 23.8 Å². The molecule has 6 heteroatoms. The molecule has 3 atom stereocenters. The van der Waals surface area contributed by atoms with Gasteiger partial charge in [0.15, 0.2) is 6.10 Å². The van der Waals surface area contributed by atoms with Gasteiger partial charge in [0.25, 0.3) is 0 Å². The average Bonchev–Trinajstić information content (AvgIpc) is 2.19. The van der Waals surface area contributed by atoms with Crippen molar-refractivity contribution < 1.29 is 28.9 Å². The lowest BCUT2D eigenvalue weighted by atomic mass is 10.0. The molecule has 0 saturated carbocycles. The minimum Gasteiger partial charge on any atom is -0.458 e. The van der Waals surface area contributed by atoms with Gasteiger partial charge in [0.2, 0.25) is 0 Å². The number of rotatable bonds is 3. The van der Waals surface area contributed by atoms with Gasteiger partial charge in [-0.15, -0.1) is 0 Å². The van der Waals surface area contributed by atoms with E-state index < -0.39 is 24.1 Å². The van der Waals surface area contributed by atoms with E-state index in [0.29, 0.717) is 6.42 Å². The van der Waals surface area contributed by atoms with Crippen molar-refractivity contribution in [1.29, 1.82) is 0 Å². The van der Waals surface area contributed by atoms with Gasteiger partial charge in [0, 0.05) is 20.3 Å². The van der Waals surface area contributed by atoms with Gasteiger partial charge >= 0.3 is 11.9 Å². The molecule has 0 aromatic rings. The quantitative estimate of drug-likeness (QED) is 0.669. The fourth-order valence-electron chi connectivity index (χ4n) is 1.60. The molecule has 1 fully saturated rings. The maximum Gasteiger partial charge on any atom is 0.303 e. The minimum absolute atomic E-state index is 0.128. The Hall–Kier alpha value is -1.14. The molecule has 0 aliphatic carbocycles. The molecule has 1 heterocycles. The Balaban J connectivity index is 2.59. The van der Waals surface area contributed by atoms with E-state index in [1.165, 1.54) is 13.8 Å². The van der Waals surface area contributed by atoms with Crippen LogP contribution >= 0.6 is 0 Å². The summed E-state index contributed by atoms with van der Waals surface area (Å²) in [7, 11) is 0. The molecule has 0 aromatic carbocycles. The van der Waals surface area contributed by atoms with Gasteiger partial charge in [-0.05, 0) is 0 Å². The third-order valence-electron chi connectivity index (χ3n) is 2.24.